The van der Waals surface area contributed by atoms with Gasteiger partial charge in [0.15, 0.2) is 0 Å². The van der Waals surface area contributed by atoms with E-state index in [1.807, 2.05) is 30.3 Å². The van der Waals surface area contributed by atoms with E-state index in [0.29, 0.717) is 24.4 Å². The molecular weight excluding hydrogens is 314 g/mol. The number of rotatable bonds is 5. The third-order valence-corrected chi connectivity index (χ3v) is 3.67. The highest BCUT2D eigenvalue weighted by molar-refractivity contribution is 5.90. The Bertz CT molecular complexity index is 756. The Kier molecular flexibility index (Phi) is 6.02. The molecule has 2 rings (SSSR count). The van der Waals surface area contributed by atoms with Crippen LogP contribution in [0.5, 0.6) is 5.75 Å². The van der Waals surface area contributed by atoms with Crippen LogP contribution in [0.25, 0.3) is 0 Å². The van der Waals surface area contributed by atoms with Crippen molar-refractivity contribution in [1.29, 1.82) is 5.26 Å². The number of benzene rings is 2. The summed E-state index contributed by atoms with van der Waals surface area (Å²) in [6.45, 7) is 7.21. The van der Waals surface area contributed by atoms with Crippen LogP contribution >= 0.6 is 0 Å². The van der Waals surface area contributed by atoms with Gasteiger partial charge in [-0.15, -0.1) is 0 Å². The zero-order valence-electron chi connectivity index (χ0n) is 14.8. The first-order valence-corrected chi connectivity index (χ1v) is 8.17. The number of amides is 2. The molecule has 5 heteroatoms. The second-order valence-corrected chi connectivity index (χ2v) is 6.66. The van der Waals surface area contributed by atoms with Crippen LogP contribution in [0.15, 0.2) is 48.5 Å². The van der Waals surface area contributed by atoms with Crippen molar-refractivity contribution >= 4 is 11.7 Å². The van der Waals surface area contributed by atoms with Gasteiger partial charge in [0.1, 0.15) is 18.4 Å². The van der Waals surface area contributed by atoms with Crippen molar-refractivity contribution in [3.05, 3.63) is 59.7 Å². The predicted octanol–water partition coefficient (Wildman–Crippen LogP) is 4.06. The fourth-order valence-electron chi connectivity index (χ4n) is 2.24. The molecule has 25 heavy (non-hydrogen) atoms. The fraction of sp³-hybridized carbons (Fsp3) is 0.300. The molecule has 0 saturated carbocycles. The average Bonchev–Trinajstić information content (AvgIpc) is 2.59. The van der Waals surface area contributed by atoms with Crippen LogP contribution in [0.3, 0.4) is 0 Å². The molecule has 0 fully saturated rings. The summed E-state index contributed by atoms with van der Waals surface area (Å²) in [5.41, 5.74) is 2.26. The van der Waals surface area contributed by atoms with Gasteiger partial charge in [-0.3, -0.25) is 0 Å². The van der Waals surface area contributed by atoms with Gasteiger partial charge in [-0.2, -0.15) is 5.26 Å². The Labute approximate surface area is 148 Å². The molecule has 0 bridgehead atoms. The first-order valence-electron chi connectivity index (χ1n) is 8.17. The van der Waals surface area contributed by atoms with Crippen LogP contribution in [-0.2, 0) is 5.41 Å². The second kappa shape index (κ2) is 8.20. The molecule has 0 aliphatic rings. The SMILES string of the molecule is CC(C)(C)c1ccc(OCCNC(=O)Nc2ccccc2C#N)cc1. The van der Waals surface area contributed by atoms with Gasteiger partial charge in [-0.25, -0.2) is 4.79 Å². The van der Waals surface area contributed by atoms with E-state index in [1.165, 1.54) is 5.56 Å². The van der Waals surface area contributed by atoms with E-state index < -0.39 is 0 Å². The molecule has 0 aliphatic heterocycles. The lowest BCUT2D eigenvalue weighted by Gasteiger charge is -2.19. The third-order valence-electron chi connectivity index (χ3n) is 3.67. The molecule has 2 N–H and O–H groups in total. The summed E-state index contributed by atoms with van der Waals surface area (Å²) in [4.78, 5) is 11.9. The smallest absolute Gasteiger partial charge is 0.319 e. The van der Waals surface area contributed by atoms with Crippen molar-refractivity contribution in [2.45, 2.75) is 26.2 Å². The van der Waals surface area contributed by atoms with Crippen LogP contribution in [0.1, 0.15) is 31.9 Å². The zero-order chi connectivity index (χ0) is 18.3. The van der Waals surface area contributed by atoms with Gasteiger partial charge in [-0.1, -0.05) is 45.0 Å². The summed E-state index contributed by atoms with van der Waals surface area (Å²) in [5, 5.41) is 14.4. The van der Waals surface area contributed by atoms with E-state index in [4.69, 9.17) is 10.00 Å². The monoisotopic (exact) mass is 337 g/mol. The first-order chi connectivity index (χ1) is 11.9. The molecule has 2 aromatic rings. The van der Waals surface area contributed by atoms with Gasteiger partial charge < -0.3 is 15.4 Å². The van der Waals surface area contributed by atoms with E-state index in [1.54, 1.807) is 24.3 Å². The quantitative estimate of drug-likeness (QED) is 0.808. The summed E-state index contributed by atoms with van der Waals surface area (Å²) in [6, 6.07) is 16.5. The molecule has 5 nitrogen and oxygen atoms in total. The van der Waals surface area contributed by atoms with E-state index in [-0.39, 0.29) is 11.4 Å². The van der Waals surface area contributed by atoms with Crippen LogP contribution in [0, 0.1) is 11.3 Å². The maximum absolute atomic E-state index is 11.9. The van der Waals surface area contributed by atoms with Crippen molar-refractivity contribution in [2.75, 3.05) is 18.5 Å². The number of anilines is 1. The van der Waals surface area contributed by atoms with E-state index in [2.05, 4.69) is 31.4 Å². The number of hydrogen-bond donors (Lipinski definition) is 2. The molecule has 0 aromatic heterocycles. The van der Waals surface area contributed by atoms with Crippen molar-refractivity contribution in [2.24, 2.45) is 0 Å². The molecular formula is C20H23N3O2. The Morgan fingerprint density at radius 2 is 1.80 bits per heavy atom. The van der Waals surface area contributed by atoms with Gasteiger partial charge in [-0.05, 0) is 35.2 Å². The van der Waals surface area contributed by atoms with Gasteiger partial charge >= 0.3 is 6.03 Å². The molecule has 2 aromatic carbocycles. The number of nitrogens with one attached hydrogen (secondary N) is 2. The van der Waals surface area contributed by atoms with Crippen LogP contribution in [-0.4, -0.2) is 19.2 Å². The molecule has 0 heterocycles. The second-order valence-electron chi connectivity index (χ2n) is 6.66. The Balaban J connectivity index is 1.76. The van der Waals surface area contributed by atoms with E-state index in [9.17, 15) is 4.79 Å². The number of carbonyl (C=O) groups is 1. The summed E-state index contributed by atoms with van der Waals surface area (Å²) >= 11 is 0. The molecule has 0 radical (unpaired) electrons. The number of para-hydroxylation sites is 1. The Morgan fingerprint density at radius 3 is 2.44 bits per heavy atom. The van der Waals surface area contributed by atoms with Crippen molar-refractivity contribution in [3.8, 4) is 11.8 Å². The summed E-state index contributed by atoms with van der Waals surface area (Å²) < 4.78 is 5.62. The summed E-state index contributed by atoms with van der Waals surface area (Å²) in [7, 11) is 0. The van der Waals surface area contributed by atoms with Crippen LogP contribution in [0.4, 0.5) is 10.5 Å². The third kappa shape index (κ3) is 5.54. The lowest BCUT2D eigenvalue weighted by atomic mass is 9.87. The Morgan fingerprint density at radius 1 is 1.12 bits per heavy atom. The normalized spacial score (nSPS) is 10.6. The topological polar surface area (TPSA) is 74.2 Å². The summed E-state index contributed by atoms with van der Waals surface area (Å²) in [5.74, 6) is 0.769. The number of ether oxygens (including phenoxy) is 1. The maximum atomic E-state index is 11.9. The minimum atomic E-state index is -0.366. The zero-order valence-corrected chi connectivity index (χ0v) is 14.8. The lowest BCUT2D eigenvalue weighted by molar-refractivity contribution is 0.247. The highest BCUT2D eigenvalue weighted by Gasteiger charge is 2.13. The number of nitriles is 1. The molecule has 0 unspecified atom stereocenters. The van der Waals surface area contributed by atoms with Gasteiger partial charge in [0.2, 0.25) is 0 Å². The lowest BCUT2D eigenvalue weighted by Crippen LogP contribution is -2.32. The van der Waals surface area contributed by atoms with Gasteiger partial charge in [0.25, 0.3) is 0 Å². The first kappa shape index (κ1) is 18.3. The van der Waals surface area contributed by atoms with Gasteiger partial charge in [0.05, 0.1) is 17.8 Å². The van der Waals surface area contributed by atoms with Crippen LogP contribution in [0.2, 0.25) is 0 Å². The number of carbonyl (C=O) groups excluding carboxylic acids is 1. The average molecular weight is 337 g/mol. The molecule has 0 spiro atoms. The highest BCUT2D eigenvalue weighted by Crippen LogP contribution is 2.24. The molecule has 0 aliphatic carbocycles. The van der Waals surface area contributed by atoms with E-state index in [0.717, 1.165) is 5.75 Å². The van der Waals surface area contributed by atoms with Crippen molar-refractivity contribution in [1.82, 2.24) is 5.32 Å². The van der Waals surface area contributed by atoms with E-state index >= 15 is 0 Å². The minimum absolute atomic E-state index is 0.109. The Hall–Kier alpha value is -3.00. The van der Waals surface area contributed by atoms with Crippen molar-refractivity contribution in [3.63, 3.8) is 0 Å². The molecule has 0 saturated heterocycles. The number of urea groups is 1. The molecule has 130 valence electrons. The number of hydrogen-bond acceptors (Lipinski definition) is 3. The minimum Gasteiger partial charge on any atom is -0.492 e. The van der Waals surface area contributed by atoms with Crippen molar-refractivity contribution < 1.29 is 9.53 Å². The molecule has 2 amide bonds. The number of nitrogens with zero attached hydrogens (tertiary/aromatic N) is 1. The highest BCUT2D eigenvalue weighted by atomic mass is 16.5. The predicted molar refractivity (Wildman–Crippen MR) is 98.8 cm³/mol. The maximum Gasteiger partial charge on any atom is 0.319 e. The standard InChI is InChI=1S/C20H23N3O2/c1-20(2,3)16-8-10-17(11-9-16)25-13-12-22-19(24)23-18-7-5-4-6-15(18)14-21/h4-11H,12-13H2,1-3H3,(H2,22,23,24). The van der Waals surface area contributed by atoms with Crippen LogP contribution < -0.4 is 15.4 Å². The molecule has 0 atom stereocenters. The largest absolute Gasteiger partial charge is 0.492 e. The summed E-state index contributed by atoms with van der Waals surface area (Å²) in [6.07, 6.45) is 0. The van der Waals surface area contributed by atoms with Gasteiger partial charge in [0, 0.05) is 0 Å². The fourth-order valence-corrected chi connectivity index (χ4v) is 2.24.